The van der Waals surface area contributed by atoms with Gasteiger partial charge >= 0.3 is 5.97 Å². The Morgan fingerprint density at radius 3 is 2.42 bits per heavy atom. The van der Waals surface area contributed by atoms with Gasteiger partial charge in [0, 0.05) is 11.3 Å². The molecule has 4 nitrogen and oxygen atoms in total. The number of rotatable bonds is 3. The second-order valence-corrected chi connectivity index (χ2v) is 4.83. The van der Waals surface area contributed by atoms with E-state index < -0.39 is 5.97 Å². The molecule has 1 aromatic carbocycles. The van der Waals surface area contributed by atoms with Gasteiger partial charge in [0.1, 0.15) is 0 Å². The highest BCUT2D eigenvalue weighted by Gasteiger charge is 2.15. The Kier molecular flexibility index (Phi) is 3.69. The monoisotopic (exact) mass is 258 g/mol. The molecule has 0 bridgehead atoms. The van der Waals surface area contributed by atoms with Gasteiger partial charge in [-0.05, 0) is 18.4 Å². The van der Waals surface area contributed by atoms with E-state index in [9.17, 15) is 4.79 Å². The summed E-state index contributed by atoms with van der Waals surface area (Å²) in [7, 11) is 1.34. The molecular formula is C15H18N2O2. The fourth-order valence-electron chi connectivity index (χ4n) is 1.96. The number of aryl methyl sites for hydroxylation is 1. The first kappa shape index (κ1) is 13.3. The standard InChI is InChI=1S/C15H18N2O2/c1-9(2)11-5-7-12(8-6-11)13-10(3)16-14(17-13)15(18)19-4/h5-9H,1-4H3,(H,16,17). The lowest BCUT2D eigenvalue weighted by atomic mass is 10.0. The molecule has 4 heteroatoms. The summed E-state index contributed by atoms with van der Waals surface area (Å²) in [6.07, 6.45) is 0. The van der Waals surface area contributed by atoms with E-state index >= 15 is 0 Å². The number of carbonyl (C=O) groups is 1. The van der Waals surface area contributed by atoms with Crippen molar-refractivity contribution in [3.05, 3.63) is 41.3 Å². The van der Waals surface area contributed by atoms with Crippen molar-refractivity contribution >= 4 is 5.97 Å². The lowest BCUT2D eigenvalue weighted by Gasteiger charge is -2.05. The van der Waals surface area contributed by atoms with Gasteiger partial charge in [0.2, 0.25) is 5.82 Å². The van der Waals surface area contributed by atoms with Gasteiger partial charge in [0.25, 0.3) is 0 Å². The van der Waals surface area contributed by atoms with Crippen LogP contribution in [-0.2, 0) is 4.74 Å². The number of H-pyrrole nitrogens is 1. The van der Waals surface area contributed by atoms with Crippen molar-refractivity contribution < 1.29 is 9.53 Å². The van der Waals surface area contributed by atoms with Crippen LogP contribution in [0.3, 0.4) is 0 Å². The lowest BCUT2D eigenvalue weighted by Crippen LogP contribution is -2.03. The SMILES string of the molecule is COC(=O)c1nc(-c2ccc(C(C)C)cc2)c(C)[nH]1. The Morgan fingerprint density at radius 2 is 1.89 bits per heavy atom. The molecule has 0 aliphatic carbocycles. The quantitative estimate of drug-likeness (QED) is 0.859. The molecule has 0 aliphatic rings. The van der Waals surface area contributed by atoms with Crippen LogP contribution in [0.4, 0.5) is 0 Å². The summed E-state index contributed by atoms with van der Waals surface area (Å²) in [6, 6.07) is 8.23. The number of carbonyl (C=O) groups excluding carboxylic acids is 1. The maximum atomic E-state index is 11.4. The smallest absolute Gasteiger partial charge is 0.374 e. The summed E-state index contributed by atoms with van der Waals surface area (Å²) in [4.78, 5) is 18.7. The molecule has 1 heterocycles. The average Bonchev–Trinajstić information content (AvgIpc) is 2.80. The molecule has 0 unspecified atom stereocenters. The number of hydrogen-bond acceptors (Lipinski definition) is 3. The number of benzene rings is 1. The number of hydrogen-bond donors (Lipinski definition) is 1. The van der Waals surface area contributed by atoms with Crippen LogP contribution < -0.4 is 0 Å². The van der Waals surface area contributed by atoms with Crippen molar-refractivity contribution in [1.82, 2.24) is 9.97 Å². The summed E-state index contributed by atoms with van der Waals surface area (Å²) in [5, 5.41) is 0. The van der Waals surface area contributed by atoms with Crippen LogP contribution in [0, 0.1) is 6.92 Å². The van der Waals surface area contributed by atoms with Crippen molar-refractivity contribution in [2.24, 2.45) is 0 Å². The van der Waals surface area contributed by atoms with E-state index in [1.165, 1.54) is 12.7 Å². The highest BCUT2D eigenvalue weighted by molar-refractivity contribution is 5.86. The molecular weight excluding hydrogens is 240 g/mol. The molecule has 0 saturated carbocycles. The molecule has 0 fully saturated rings. The largest absolute Gasteiger partial charge is 0.463 e. The Balaban J connectivity index is 2.36. The number of aromatic nitrogens is 2. The van der Waals surface area contributed by atoms with Gasteiger partial charge in [-0.15, -0.1) is 0 Å². The summed E-state index contributed by atoms with van der Waals surface area (Å²) in [6.45, 7) is 6.21. The predicted molar refractivity (Wildman–Crippen MR) is 74.2 cm³/mol. The van der Waals surface area contributed by atoms with Crippen molar-refractivity contribution in [2.75, 3.05) is 7.11 Å². The fourth-order valence-corrected chi connectivity index (χ4v) is 1.96. The zero-order chi connectivity index (χ0) is 14.0. The molecule has 100 valence electrons. The van der Waals surface area contributed by atoms with Gasteiger partial charge < -0.3 is 9.72 Å². The Hall–Kier alpha value is -2.10. The second-order valence-electron chi connectivity index (χ2n) is 4.83. The van der Waals surface area contributed by atoms with Gasteiger partial charge in [-0.3, -0.25) is 0 Å². The molecule has 0 aliphatic heterocycles. The normalized spacial score (nSPS) is 10.8. The summed E-state index contributed by atoms with van der Waals surface area (Å²) < 4.78 is 4.66. The molecule has 1 aromatic heterocycles. The number of methoxy groups -OCH3 is 1. The third-order valence-electron chi connectivity index (χ3n) is 3.11. The Morgan fingerprint density at radius 1 is 1.26 bits per heavy atom. The third kappa shape index (κ3) is 2.67. The highest BCUT2D eigenvalue weighted by Crippen LogP contribution is 2.24. The maximum Gasteiger partial charge on any atom is 0.374 e. The van der Waals surface area contributed by atoms with Gasteiger partial charge in [-0.1, -0.05) is 38.1 Å². The van der Waals surface area contributed by atoms with E-state index in [0.717, 1.165) is 17.0 Å². The Labute approximate surface area is 112 Å². The highest BCUT2D eigenvalue weighted by atomic mass is 16.5. The van der Waals surface area contributed by atoms with Gasteiger partial charge in [0.15, 0.2) is 0 Å². The molecule has 0 radical (unpaired) electrons. The van der Waals surface area contributed by atoms with E-state index in [1.54, 1.807) is 0 Å². The first-order chi connectivity index (χ1) is 9.02. The Bertz CT molecular complexity index is 583. The average molecular weight is 258 g/mol. The van der Waals surface area contributed by atoms with Crippen LogP contribution in [0.5, 0.6) is 0 Å². The number of nitrogens with one attached hydrogen (secondary N) is 1. The molecule has 19 heavy (non-hydrogen) atoms. The van der Waals surface area contributed by atoms with Crippen molar-refractivity contribution in [1.29, 1.82) is 0 Å². The number of imidazole rings is 1. The lowest BCUT2D eigenvalue weighted by molar-refractivity contribution is 0.0588. The maximum absolute atomic E-state index is 11.4. The number of ether oxygens (including phenoxy) is 1. The van der Waals surface area contributed by atoms with Crippen LogP contribution in [0.1, 0.15) is 41.6 Å². The van der Waals surface area contributed by atoms with Crippen molar-refractivity contribution in [3.8, 4) is 11.3 Å². The number of aromatic amines is 1. The minimum Gasteiger partial charge on any atom is -0.463 e. The van der Waals surface area contributed by atoms with E-state index in [0.29, 0.717) is 5.92 Å². The van der Waals surface area contributed by atoms with Crippen LogP contribution in [0.2, 0.25) is 0 Å². The molecule has 0 saturated heterocycles. The van der Waals surface area contributed by atoms with E-state index in [4.69, 9.17) is 0 Å². The zero-order valence-corrected chi connectivity index (χ0v) is 11.7. The fraction of sp³-hybridized carbons (Fsp3) is 0.333. The first-order valence-corrected chi connectivity index (χ1v) is 6.28. The molecule has 0 amide bonds. The summed E-state index contributed by atoms with van der Waals surface area (Å²) in [5.41, 5.74) is 3.92. The van der Waals surface area contributed by atoms with Gasteiger partial charge in [-0.25, -0.2) is 9.78 Å². The van der Waals surface area contributed by atoms with Crippen molar-refractivity contribution in [2.45, 2.75) is 26.7 Å². The van der Waals surface area contributed by atoms with Crippen molar-refractivity contribution in [3.63, 3.8) is 0 Å². The van der Waals surface area contributed by atoms with Crippen LogP contribution in [-0.4, -0.2) is 23.0 Å². The molecule has 2 aromatic rings. The molecule has 2 rings (SSSR count). The van der Waals surface area contributed by atoms with E-state index in [2.05, 4.69) is 40.7 Å². The second kappa shape index (κ2) is 5.26. The van der Waals surface area contributed by atoms with Gasteiger partial charge in [0.05, 0.1) is 12.8 Å². The molecule has 0 spiro atoms. The molecule has 0 atom stereocenters. The predicted octanol–water partition coefficient (Wildman–Crippen LogP) is 3.30. The first-order valence-electron chi connectivity index (χ1n) is 6.28. The number of nitrogens with zero attached hydrogens (tertiary/aromatic N) is 1. The summed E-state index contributed by atoms with van der Waals surface area (Å²) >= 11 is 0. The van der Waals surface area contributed by atoms with E-state index in [1.807, 2.05) is 19.1 Å². The number of esters is 1. The van der Waals surface area contributed by atoms with E-state index in [-0.39, 0.29) is 5.82 Å². The molecule has 1 N–H and O–H groups in total. The van der Waals surface area contributed by atoms with Crippen LogP contribution in [0.25, 0.3) is 11.3 Å². The van der Waals surface area contributed by atoms with Crippen LogP contribution in [0.15, 0.2) is 24.3 Å². The minimum atomic E-state index is -0.451. The van der Waals surface area contributed by atoms with Crippen LogP contribution >= 0.6 is 0 Å². The minimum absolute atomic E-state index is 0.239. The van der Waals surface area contributed by atoms with Gasteiger partial charge in [-0.2, -0.15) is 0 Å². The third-order valence-corrected chi connectivity index (χ3v) is 3.11. The topological polar surface area (TPSA) is 55.0 Å². The summed E-state index contributed by atoms with van der Waals surface area (Å²) in [5.74, 6) is 0.288. The zero-order valence-electron chi connectivity index (χ0n) is 11.7.